The molecule has 28 heavy (non-hydrogen) atoms. The molecule has 0 aliphatic heterocycles. The highest BCUT2D eigenvalue weighted by atomic mass is 32.2. The Morgan fingerprint density at radius 3 is 2.50 bits per heavy atom. The van der Waals surface area contributed by atoms with Gasteiger partial charge in [-0.15, -0.1) is 0 Å². The van der Waals surface area contributed by atoms with Gasteiger partial charge in [-0.05, 0) is 53.6 Å². The lowest BCUT2D eigenvalue weighted by Crippen LogP contribution is -2.12. The summed E-state index contributed by atoms with van der Waals surface area (Å²) in [6, 6.07) is 15.1. The van der Waals surface area contributed by atoms with Gasteiger partial charge in [0, 0.05) is 17.8 Å². The largest absolute Gasteiger partial charge is 0.492 e. The van der Waals surface area contributed by atoms with E-state index in [0.29, 0.717) is 24.2 Å². The molecule has 0 amide bonds. The Hall–Kier alpha value is -2.40. The minimum atomic E-state index is -3.43. The van der Waals surface area contributed by atoms with Crippen molar-refractivity contribution in [1.82, 2.24) is 4.98 Å². The highest BCUT2D eigenvalue weighted by Gasteiger charge is 2.18. The molecule has 2 aromatic carbocycles. The van der Waals surface area contributed by atoms with Gasteiger partial charge >= 0.3 is 0 Å². The number of fused-ring (bicyclic) bond motifs is 1. The molecule has 0 radical (unpaired) electrons. The van der Waals surface area contributed by atoms with Crippen LogP contribution in [0.25, 0.3) is 22.0 Å². The lowest BCUT2D eigenvalue weighted by atomic mass is 10.00. The Kier molecular flexibility index (Phi) is 6.04. The lowest BCUT2D eigenvalue weighted by molar-refractivity contribution is 0.234. The third kappa shape index (κ3) is 4.71. The number of nitrogens with zero attached hydrogens (tertiary/aromatic N) is 1. The summed E-state index contributed by atoms with van der Waals surface area (Å²) >= 11 is 0. The molecule has 4 nitrogen and oxygen atoms in total. The molecule has 0 aliphatic carbocycles. The first-order chi connectivity index (χ1) is 13.3. The summed E-state index contributed by atoms with van der Waals surface area (Å²) in [5, 5.41) is 0.990. The van der Waals surface area contributed by atoms with E-state index < -0.39 is 9.84 Å². The summed E-state index contributed by atoms with van der Waals surface area (Å²) in [4.78, 5) is 4.61. The predicted molar refractivity (Wildman–Crippen MR) is 114 cm³/mol. The van der Waals surface area contributed by atoms with Gasteiger partial charge < -0.3 is 4.74 Å². The molecular formula is C23H27NO3S. The Labute approximate surface area is 167 Å². The van der Waals surface area contributed by atoms with Crippen LogP contribution in [0.1, 0.15) is 27.2 Å². The first kappa shape index (κ1) is 20.3. The van der Waals surface area contributed by atoms with Gasteiger partial charge in [0.2, 0.25) is 0 Å². The molecular weight excluding hydrogens is 370 g/mol. The second kappa shape index (κ2) is 8.31. The molecule has 0 unspecified atom stereocenters. The van der Waals surface area contributed by atoms with Crippen LogP contribution in [0.2, 0.25) is 0 Å². The van der Waals surface area contributed by atoms with E-state index in [4.69, 9.17) is 4.74 Å². The average molecular weight is 398 g/mol. The molecule has 1 heterocycles. The fraction of sp³-hybridized carbons (Fsp3) is 0.348. The van der Waals surface area contributed by atoms with Crippen molar-refractivity contribution < 1.29 is 13.2 Å². The van der Waals surface area contributed by atoms with Gasteiger partial charge in [-0.25, -0.2) is 8.42 Å². The van der Waals surface area contributed by atoms with Gasteiger partial charge in [-0.1, -0.05) is 45.0 Å². The fourth-order valence-corrected chi connectivity index (χ4v) is 4.37. The first-order valence-electron chi connectivity index (χ1n) is 9.56. The summed E-state index contributed by atoms with van der Waals surface area (Å²) in [5.74, 6) is 1.35. The molecule has 0 fully saturated rings. The number of ether oxygens (including phenoxy) is 1. The molecule has 0 bridgehead atoms. The third-order valence-electron chi connectivity index (χ3n) is 4.70. The van der Waals surface area contributed by atoms with Crippen LogP contribution in [0, 0.1) is 11.8 Å². The molecule has 0 saturated carbocycles. The molecule has 0 saturated heterocycles. The van der Waals surface area contributed by atoms with Crippen LogP contribution in [-0.4, -0.2) is 26.3 Å². The van der Waals surface area contributed by atoms with Gasteiger partial charge in [0.25, 0.3) is 0 Å². The normalized spacial score (nSPS) is 13.0. The van der Waals surface area contributed by atoms with Gasteiger partial charge in [-0.2, -0.15) is 0 Å². The van der Waals surface area contributed by atoms with E-state index >= 15 is 0 Å². The monoisotopic (exact) mass is 397 g/mol. The van der Waals surface area contributed by atoms with Gasteiger partial charge in [0.05, 0.1) is 12.1 Å². The number of benzene rings is 2. The SMILES string of the molecule is CC(C)C[C@H](C)COc1ccc(-c2ccnc3ccccc23)cc1S(C)(=O)=O. The second-order valence-electron chi connectivity index (χ2n) is 7.86. The molecule has 0 N–H and O–H groups in total. The third-order valence-corrected chi connectivity index (χ3v) is 5.82. The zero-order valence-electron chi connectivity index (χ0n) is 16.8. The summed E-state index contributed by atoms with van der Waals surface area (Å²) < 4.78 is 30.8. The van der Waals surface area contributed by atoms with Gasteiger partial charge in [0.1, 0.15) is 10.6 Å². The molecule has 1 atom stereocenters. The number of pyridine rings is 1. The molecule has 1 aromatic heterocycles. The summed E-state index contributed by atoms with van der Waals surface area (Å²) in [5.41, 5.74) is 2.67. The van der Waals surface area contributed by atoms with E-state index in [-0.39, 0.29) is 4.90 Å². The van der Waals surface area contributed by atoms with Crippen LogP contribution in [0.4, 0.5) is 0 Å². The van der Waals surface area contributed by atoms with Crippen LogP contribution in [-0.2, 0) is 9.84 Å². The van der Waals surface area contributed by atoms with Crippen molar-refractivity contribution in [2.24, 2.45) is 11.8 Å². The maximum Gasteiger partial charge on any atom is 0.179 e. The van der Waals surface area contributed by atoms with E-state index in [1.807, 2.05) is 36.4 Å². The van der Waals surface area contributed by atoms with Crippen molar-refractivity contribution in [1.29, 1.82) is 0 Å². The van der Waals surface area contributed by atoms with Crippen molar-refractivity contribution in [3.63, 3.8) is 0 Å². The second-order valence-corrected chi connectivity index (χ2v) is 9.84. The number of hydrogen-bond donors (Lipinski definition) is 0. The summed E-state index contributed by atoms with van der Waals surface area (Å²) in [6.45, 7) is 6.97. The topological polar surface area (TPSA) is 56.3 Å². The van der Waals surface area contributed by atoms with Gasteiger partial charge in [-0.3, -0.25) is 4.98 Å². The Balaban J connectivity index is 1.99. The van der Waals surface area contributed by atoms with E-state index in [1.54, 1.807) is 18.3 Å². The fourth-order valence-electron chi connectivity index (χ4n) is 3.54. The maximum atomic E-state index is 12.4. The molecule has 3 rings (SSSR count). The van der Waals surface area contributed by atoms with Crippen molar-refractivity contribution in [3.05, 3.63) is 54.7 Å². The zero-order valence-corrected chi connectivity index (χ0v) is 17.7. The van der Waals surface area contributed by atoms with Crippen LogP contribution in [0.5, 0.6) is 5.75 Å². The standard InChI is InChI=1S/C23H27NO3S/c1-16(2)13-17(3)15-27-22-10-9-18(14-23(22)28(4,25)26)19-11-12-24-21-8-6-5-7-20(19)21/h5-12,14,16-17H,13,15H2,1-4H3/t17-/m0/s1. The Morgan fingerprint density at radius 2 is 1.79 bits per heavy atom. The van der Waals surface area contributed by atoms with Crippen molar-refractivity contribution in [3.8, 4) is 16.9 Å². The first-order valence-corrected chi connectivity index (χ1v) is 11.5. The quantitative estimate of drug-likeness (QED) is 0.538. The van der Waals surface area contributed by atoms with Crippen molar-refractivity contribution in [2.75, 3.05) is 12.9 Å². The Morgan fingerprint density at radius 1 is 1.04 bits per heavy atom. The minimum Gasteiger partial charge on any atom is -0.492 e. The maximum absolute atomic E-state index is 12.4. The molecule has 3 aromatic rings. The summed E-state index contributed by atoms with van der Waals surface area (Å²) in [6.07, 6.45) is 4.01. The highest BCUT2D eigenvalue weighted by Crippen LogP contribution is 2.33. The van der Waals surface area contributed by atoms with Crippen molar-refractivity contribution in [2.45, 2.75) is 32.1 Å². The van der Waals surface area contributed by atoms with Crippen molar-refractivity contribution >= 4 is 20.7 Å². The number of para-hydroxylation sites is 1. The highest BCUT2D eigenvalue weighted by molar-refractivity contribution is 7.90. The Bertz CT molecular complexity index is 1070. The number of aromatic nitrogens is 1. The van der Waals surface area contributed by atoms with E-state index in [2.05, 4.69) is 25.8 Å². The smallest absolute Gasteiger partial charge is 0.179 e. The zero-order chi connectivity index (χ0) is 20.3. The number of sulfone groups is 1. The van der Waals surface area contributed by atoms with Crippen LogP contribution < -0.4 is 4.74 Å². The number of rotatable bonds is 7. The average Bonchev–Trinajstić information content (AvgIpc) is 2.64. The lowest BCUT2D eigenvalue weighted by Gasteiger charge is -2.17. The molecule has 0 spiro atoms. The summed E-state index contributed by atoms with van der Waals surface area (Å²) in [7, 11) is -3.43. The molecule has 0 aliphatic rings. The van der Waals surface area contributed by atoms with E-state index in [0.717, 1.165) is 28.5 Å². The van der Waals surface area contributed by atoms with E-state index in [1.165, 1.54) is 6.26 Å². The predicted octanol–water partition coefficient (Wildman–Crippen LogP) is 5.37. The van der Waals surface area contributed by atoms with E-state index in [9.17, 15) is 8.42 Å². The van der Waals surface area contributed by atoms with Crippen LogP contribution in [0.3, 0.4) is 0 Å². The minimum absolute atomic E-state index is 0.225. The van der Waals surface area contributed by atoms with Crippen LogP contribution >= 0.6 is 0 Å². The number of hydrogen-bond acceptors (Lipinski definition) is 4. The molecule has 5 heteroatoms. The molecule has 148 valence electrons. The van der Waals surface area contributed by atoms with Gasteiger partial charge in [0.15, 0.2) is 9.84 Å². The van der Waals surface area contributed by atoms with Crippen LogP contribution in [0.15, 0.2) is 59.6 Å².